The van der Waals surface area contributed by atoms with Gasteiger partial charge in [-0.1, -0.05) is 51.3 Å². The summed E-state index contributed by atoms with van der Waals surface area (Å²) in [4.78, 5) is 0. The van der Waals surface area contributed by atoms with E-state index in [0.29, 0.717) is 0 Å². The van der Waals surface area contributed by atoms with Gasteiger partial charge in [0.15, 0.2) is 0 Å². The summed E-state index contributed by atoms with van der Waals surface area (Å²) in [7, 11) is -0.157. The standard InChI is InChI=1S/C11H24ClP/c1-4-5-6-7-9-13(12)10-8-11(2)3/h11H,4-10H2,1-3H3. The Bertz CT molecular complexity index is 104. The maximum absolute atomic E-state index is 6.27. The van der Waals surface area contributed by atoms with Gasteiger partial charge in [-0.15, -0.1) is 0 Å². The first-order valence-electron chi connectivity index (χ1n) is 5.57. The van der Waals surface area contributed by atoms with Gasteiger partial charge in [-0.25, -0.2) is 0 Å². The molecule has 0 saturated heterocycles. The van der Waals surface area contributed by atoms with Gasteiger partial charge in [0.2, 0.25) is 0 Å². The molecule has 13 heavy (non-hydrogen) atoms. The summed E-state index contributed by atoms with van der Waals surface area (Å²) in [6.45, 7) is 6.80. The Morgan fingerprint density at radius 1 is 1.08 bits per heavy atom. The molecule has 0 aromatic carbocycles. The lowest BCUT2D eigenvalue weighted by Crippen LogP contribution is -1.92. The predicted octanol–water partition coefficient (Wildman–Crippen LogP) is 5.25. The quantitative estimate of drug-likeness (QED) is 0.389. The predicted molar refractivity (Wildman–Crippen MR) is 66.1 cm³/mol. The molecule has 0 N–H and O–H groups in total. The molecule has 0 fully saturated rings. The zero-order valence-corrected chi connectivity index (χ0v) is 11.0. The van der Waals surface area contributed by atoms with E-state index in [1.165, 1.54) is 44.4 Å². The van der Waals surface area contributed by atoms with Crippen LogP contribution in [-0.2, 0) is 0 Å². The van der Waals surface area contributed by atoms with Gasteiger partial charge < -0.3 is 0 Å². The summed E-state index contributed by atoms with van der Waals surface area (Å²) in [5.41, 5.74) is 0. The Balaban J connectivity index is 3.15. The molecule has 2 heteroatoms. The van der Waals surface area contributed by atoms with Crippen molar-refractivity contribution in [3.8, 4) is 0 Å². The Labute approximate surface area is 90.0 Å². The molecule has 1 atom stereocenters. The largest absolute Gasteiger partial charge is 0.0964 e. The summed E-state index contributed by atoms with van der Waals surface area (Å²) in [6.07, 6.45) is 9.29. The summed E-state index contributed by atoms with van der Waals surface area (Å²) < 4.78 is 0. The Hall–Kier alpha value is 0.720. The molecule has 0 aliphatic carbocycles. The Morgan fingerprint density at radius 3 is 2.31 bits per heavy atom. The highest BCUT2D eigenvalue weighted by molar-refractivity contribution is 7.83. The lowest BCUT2D eigenvalue weighted by molar-refractivity contribution is 0.629. The highest BCUT2D eigenvalue weighted by Gasteiger charge is 2.04. The first-order chi connectivity index (χ1) is 6.16. The van der Waals surface area contributed by atoms with Crippen molar-refractivity contribution in [3.63, 3.8) is 0 Å². The third-order valence-electron chi connectivity index (χ3n) is 2.20. The van der Waals surface area contributed by atoms with Crippen LogP contribution in [0, 0.1) is 5.92 Å². The van der Waals surface area contributed by atoms with E-state index in [0.717, 1.165) is 5.92 Å². The fourth-order valence-electron chi connectivity index (χ4n) is 1.22. The monoisotopic (exact) mass is 222 g/mol. The lowest BCUT2D eigenvalue weighted by atomic mass is 10.2. The van der Waals surface area contributed by atoms with Gasteiger partial charge in [-0.05, 0) is 38.4 Å². The van der Waals surface area contributed by atoms with E-state index in [4.69, 9.17) is 11.2 Å². The lowest BCUT2D eigenvalue weighted by Gasteiger charge is -2.10. The molecule has 0 amide bonds. The van der Waals surface area contributed by atoms with Crippen molar-refractivity contribution >= 4 is 18.5 Å². The van der Waals surface area contributed by atoms with E-state index in [-0.39, 0.29) is 7.27 Å². The smallest absolute Gasteiger partial charge is 0.00972 e. The molecule has 0 aromatic heterocycles. The van der Waals surface area contributed by atoms with Crippen molar-refractivity contribution in [2.24, 2.45) is 5.92 Å². The number of hydrogen-bond acceptors (Lipinski definition) is 0. The van der Waals surface area contributed by atoms with E-state index >= 15 is 0 Å². The molecule has 1 unspecified atom stereocenters. The van der Waals surface area contributed by atoms with Crippen LogP contribution in [0.4, 0.5) is 0 Å². The summed E-state index contributed by atoms with van der Waals surface area (Å²) in [5, 5.41) is 0. The van der Waals surface area contributed by atoms with Crippen molar-refractivity contribution in [2.45, 2.75) is 52.9 Å². The van der Waals surface area contributed by atoms with E-state index in [1.807, 2.05) is 0 Å². The molecular weight excluding hydrogens is 199 g/mol. The summed E-state index contributed by atoms with van der Waals surface area (Å²) >= 11 is 6.27. The van der Waals surface area contributed by atoms with Gasteiger partial charge >= 0.3 is 0 Å². The van der Waals surface area contributed by atoms with Crippen molar-refractivity contribution < 1.29 is 0 Å². The molecule has 0 saturated carbocycles. The van der Waals surface area contributed by atoms with Crippen LogP contribution in [0.25, 0.3) is 0 Å². The molecular formula is C11H24ClP. The molecule has 0 bridgehead atoms. The van der Waals surface area contributed by atoms with E-state index in [1.54, 1.807) is 0 Å². The van der Waals surface area contributed by atoms with Gasteiger partial charge in [0.05, 0.1) is 0 Å². The molecule has 0 heterocycles. The van der Waals surface area contributed by atoms with Crippen LogP contribution in [0.15, 0.2) is 0 Å². The van der Waals surface area contributed by atoms with Gasteiger partial charge in [0.25, 0.3) is 0 Å². The second kappa shape index (κ2) is 9.28. The van der Waals surface area contributed by atoms with Crippen molar-refractivity contribution in [1.82, 2.24) is 0 Å². The fraction of sp³-hybridized carbons (Fsp3) is 1.00. The zero-order chi connectivity index (χ0) is 10.1. The van der Waals surface area contributed by atoms with Crippen LogP contribution in [0.5, 0.6) is 0 Å². The maximum atomic E-state index is 6.27. The van der Waals surface area contributed by atoms with Crippen molar-refractivity contribution in [1.29, 1.82) is 0 Å². The molecule has 0 aliphatic heterocycles. The van der Waals surface area contributed by atoms with Crippen LogP contribution in [0.2, 0.25) is 0 Å². The minimum absolute atomic E-state index is 0.157. The van der Waals surface area contributed by atoms with Gasteiger partial charge in [-0.2, -0.15) is 0 Å². The average molecular weight is 223 g/mol. The number of halogens is 1. The topological polar surface area (TPSA) is 0 Å². The van der Waals surface area contributed by atoms with Crippen LogP contribution in [0.1, 0.15) is 52.9 Å². The van der Waals surface area contributed by atoms with Crippen LogP contribution in [-0.4, -0.2) is 12.3 Å². The second-order valence-corrected chi connectivity index (χ2v) is 7.41. The van der Waals surface area contributed by atoms with Crippen LogP contribution in [0.3, 0.4) is 0 Å². The third-order valence-corrected chi connectivity index (χ3v) is 4.76. The van der Waals surface area contributed by atoms with Crippen LogP contribution >= 0.6 is 18.5 Å². The second-order valence-electron chi connectivity index (χ2n) is 4.15. The van der Waals surface area contributed by atoms with E-state index in [9.17, 15) is 0 Å². The molecule has 80 valence electrons. The highest BCUT2D eigenvalue weighted by Crippen LogP contribution is 2.43. The third kappa shape index (κ3) is 10.6. The van der Waals surface area contributed by atoms with Crippen LogP contribution < -0.4 is 0 Å². The number of unbranched alkanes of at least 4 members (excludes halogenated alkanes) is 3. The molecule has 0 spiro atoms. The highest BCUT2D eigenvalue weighted by atomic mass is 35.7. The number of rotatable bonds is 8. The number of hydrogen-bond donors (Lipinski definition) is 0. The fourth-order valence-corrected chi connectivity index (χ4v) is 3.46. The minimum atomic E-state index is -0.157. The molecule has 0 aromatic rings. The zero-order valence-electron chi connectivity index (χ0n) is 9.35. The van der Waals surface area contributed by atoms with Crippen molar-refractivity contribution in [2.75, 3.05) is 12.3 Å². The summed E-state index contributed by atoms with van der Waals surface area (Å²) in [6, 6.07) is 0. The summed E-state index contributed by atoms with van der Waals surface area (Å²) in [5.74, 6) is 0.819. The van der Waals surface area contributed by atoms with Crippen molar-refractivity contribution in [3.05, 3.63) is 0 Å². The minimum Gasteiger partial charge on any atom is -0.0964 e. The first kappa shape index (κ1) is 13.7. The molecule has 0 radical (unpaired) electrons. The van der Waals surface area contributed by atoms with E-state index < -0.39 is 0 Å². The van der Waals surface area contributed by atoms with E-state index in [2.05, 4.69) is 20.8 Å². The normalized spacial score (nSPS) is 13.6. The average Bonchev–Trinajstić information content (AvgIpc) is 2.09. The first-order valence-corrected chi connectivity index (χ1v) is 8.19. The van der Waals surface area contributed by atoms with Gasteiger partial charge in [0.1, 0.15) is 0 Å². The molecule has 0 aliphatic rings. The molecule has 0 rings (SSSR count). The van der Waals surface area contributed by atoms with Gasteiger partial charge in [-0.3, -0.25) is 0 Å². The Kier molecular flexibility index (Phi) is 9.80. The SMILES string of the molecule is CCCCCCP(Cl)CCC(C)C. The maximum Gasteiger partial charge on any atom is -0.00972 e. The molecule has 0 nitrogen and oxygen atoms in total. The Morgan fingerprint density at radius 2 is 1.77 bits per heavy atom. The van der Waals surface area contributed by atoms with Gasteiger partial charge in [0, 0.05) is 0 Å².